The van der Waals surface area contributed by atoms with E-state index in [1.54, 1.807) is 11.3 Å². The largest absolute Gasteiger partial charge is 0.355 e. The van der Waals surface area contributed by atoms with E-state index in [4.69, 9.17) is 5.73 Å². The molecule has 1 saturated carbocycles. The Balaban J connectivity index is 1.77. The molecule has 1 amide bonds. The minimum atomic E-state index is -0.266. The summed E-state index contributed by atoms with van der Waals surface area (Å²) in [6, 6.07) is 0. The Kier molecular flexibility index (Phi) is 3.79. The number of carbonyl (C=O) groups excluding carboxylic acids is 1. The molecule has 5 heteroatoms. The van der Waals surface area contributed by atoms with Gasteiger partial charge in [-0.05, 0) is 19.8 Å². The molecule has 94 valence electrons. The second kappa shape index (κ2) is 5.14. The van der Waals surface area contributed by atoms with E-state index in [1.807, 2.05) is 12.3 Å². The van der Waals surface area contributed by atoms with Crippen LogP contribution in [0.1, 0.15) is 30.0 Å². The summed E-state index contributed by atoms with van der Waals surface area (Å²) in [6.45, 7) is 3.11. The van der Waals surface area contributed by atoms with Gasteiger partial charge in [0.1, 0.15) is 0 Å². The molecule has 1 fully saturated rings. The Morgan fingerprint density at radius 3 is 2.88 bits per heavy atom. The highest BCUT2D eigenvalue weighted by atomic mass is 32.1. The fourth-order valence-electron chi connectivity index (χ4n) is 2.14. The van der Waals surface area contributed by atoms with Crippen LogP contribution < -0.4 is 11.1 Å². The molecule has 3 N–H and O–H groups in total. The van der Waals surface area contributed by atoms with Gasteiger partial charge in [-0.3, -0.25) is 4.79 Å². The first-order chi connectivity index (χ1) is 8.16. The highest BCUT2D eigenvalue weighted by Crippen LogP contribution is 2.39. The Morgan fingerprint density at radius 2 is 2.41 bits per heavy atom. The van der Waals surface area contributed by atoms with E-state index in [0.29, 0.717) is 13.1 Å². The molecular weight excluding hydrogens is 234 g/mol. The van der Waals surface area contributed by atoms with Crippen molar-refractivity contribution in [2.75, 3.05) is 13.1 Å². The van der Waals surface area contributed by atoms with E-state index in [2.05, 4.69) is 10.3 Å². The van der Waals surface area contributed by atoms with Gasteiger partial charge < -0.3 is 11.1 Å². The number of nitrogens with one attached hydrogen (secondary N) is 1. The topological polar surface area (TPSA) is 68.0 Å². The predicted octanol–water partition coefficient (Wildman–Crippen LogP) is 1.24. The zero-order valence-corrected chi connectivity index (χ0v) is 11.0. The van der Waals surface area contributed by atoms with Gasteiger partial charge in [-0.1, -0.05) is 6.42 Å². The van der Waals surface area contributed by atoms with Crippen molar-refractivity contribution in [2.24, 2.45) is 11.1 Å². The van der Waals surface area contributed by atoms with E-state index in [1.165, 1.54) is 0 Å². The van der Waals surface area contributed by atoms with Gasteiger partial charge in [0.15, 0.2) is 0 Å². The smallest absolute Gasteiger partial charge is 0.227 e. The maximum absolute atomic E-state index is 12.0. The van der Waals surface area contributed by atoms with Crippen molar-refractivity contribution in [3.63, 3.8) is 0 Å². The summed E-state index contributed by atoms with van der Waals surface area (Å²) in [5.74, 6) is 0.123. The molecule has 0 aliphatic heterocycles. The van der Waals surface area contributed by atoms with Crippen LogP contribution in [0.2, 0.25) is 0 Å². The lowest BCUT2D eigenvalue weighted by Gasteiger charge is -2.39. The molecule has 0 aromatic carbocycles. The SMILES string of the molecule is Cc1nc(CCNC(=O)C2(CN)CCC2)cs1. The van der Waals surface area contributed by atoms with E-state index in [0.717, 1.165) is 36.4 Å². The van der Waals surface area contributed by atoms with Gasteiger partial charge in [-0.25, -0.2) is 4.98 Å². The molecule has 1 aromatic heterocycles. The van der Waals surface area contributed by atoms with Crippen LogP contribution in [0.15, 0.2) is 5.38 Å². The molecule has 0 saturated heterocycles. The van der Waals surface area contributed by atoms with Crippen LogP contribution in [-0.4, -0.2) is 24.0 Å². The Labute approximate surface area is 106 Å². The van der Waals surface area contributed by atoms with Crippen molar-refractivity contribution in [2.45, 2.75) is 32.6 Å². The van der Waals surface area contributed by atoms with Crippen LogP contribution in [0.3, 0.4) is 0 Å². The van der Waals surface area contributed by atoms with Gasteiger partial charge >= 0.3 is 0 Å². The van der Waals surface area contributed by atoms with Gasteiger partial charge in [-0.2, -0.15) is 0 Å². The first-order valence-electron chi connectivity index (χ1n) is 6.06. The molecule has 2 rings (SSSR count). The lowest BCUT2D eigenvalue weighted by Crippen LogP contribution is -2.50. The number of rotatable bonds is 5. The molecular formula is C12H19N3OS. The average molecular weight is 253 g/mol. The van der Waals surface area contributed by atoms with Crippen LogP contribution in [0, 0.1) is 12.3 Å². The van der Waals surface area contributed by atoms with Gasteiger partial charge in [-0.15, -0.1) is 11.3 Å². The molecule has 1 aromatic rings. The third-order valence-electron chi connectivity index (χ3n) is 3.52. The average Bonchev–Trinajstić information content (AvgIpc) is 2.63. The molecule has 1 aliphatic rings. The fourth-order valence-corrected chi connectivity index (χ4v) is 2.79. The summed E-state index contributed by atoms with van der Waals surface area (Å²) < 4.78 is 0. The number of aromatic nitrogens is 1. The summed E-state index contributed by atoms with van der Waals surface area (Å²) >= 11 is 1.65. The highest BCUT2D eigenvalue weighted by molar-refractivity contribution is 7.09. The number of nitrogens with two attached hydrogens (primary N) is 1. The molecule has 0 radical (unpaired) electrons. The molecule has 0 bridgehead atoms. The van der Waals surface area contributed by atoms with Crippen molar-refractivity contribution >= 4 is 17.2 Å². The van der Waals surface area contributed by atoms with Crippen LogP contribution in [0.25, 0.3) is 0 Å². The van der Waals surface area contributed by atoms with Gasteiger partial charge in [0, 0.05) is 24.9 Å². The van der Waals surface area contributed by atoms with Gasteiger partial charge in [0.05, 0.1) is 16.1 Å². The van der Waals surface area contributed by atoms with E-state index in [9.17, 15) is 4.79 Å². The summed E-state index contributed by atoms with van der Waals surface area (Å²) in [4.78, 5) is 16.3. The predicted molar refractivity (Wildman–Crippen MR) is 68.9 cm³/mol. The van der Waals surface area contributed by atoms with Crippen LogP contribution in [-0.2, 0) is 11.2 Å². The number of hydrogen-bond acceptors (Lipinski definition) is 4. The summed E-state index contributed by atoms with van der Waals surface area (Å²) in [7, 11) is 0. The lowest BCUT2D eigenvalue weighted by molar-refractivity contribution is -0.135. The maximum Gasteiger partial charge on any atom is 0.227 e. The van der Waals surface area contributed by atoms with Crippen molar-refractivity contribution in [1.29, 1.82) is 0 Å². The van der Waals surface area contributed by atoms with Gasteiger partial charge in [0.25, 0.3) is 0 Å². The maximum atomic E-state index is 12.0. The quantitative estimate of drug-likeness (QED) is 0.829. The summed E-state index contributed by atoms with van der Waals surface area (Å²) in [5, 5.41) is 6.10. The zero-order chi connectivity index (χ0) is 12.3. The van der Waals surface area contributed by atoms with E-state index < -0.39 is 0 Å². The fraction of sp³-hybridized carbons (Fsp3) is 0.667. The third kappa shape index (κ3) is 2.66. The van der Waals surface area contributed by atoms with E-state index in [-0.39, 0.29) is 11.3 Å². The summed E-state index contributed by atoms with van der Waals surface area (Å²) in [6.07, 6.45) is 3.79. The Morgan fingerprint density at radius 1 is 1.65 bits per heavy atom. The lowest BCUT2D eigenvalue weighted by atomic mass is 9.68. The first-order valence-corrected chi connectivity index (χ1v) is 6.94. The summed E-state index contributed by atoms with van der Waals surface area (Å²) in [5.41, 5.74) is 6.48. The second-order valence-corrected chi connectivity index (χ2v) is 5.76. The highest BCUT2D eigenvalue weighted by Gasteiger charge is 2.42. The number of carbonyl (C=O) groups is 1. The van der Waals surface area contributed by atoms with Crippen molar-refractivity contribution < 1.29 is 4.79 Å². The molecule has 4 nitrogen and oxygen atoms in total. The van der Waals surface area contributed by atoms with Crippen molar-refractivity contribution in [1.82, 2.24) is 10.3 Å². The number of thiazole rings is 1. The molecule has 0 atom stereocenters. The van der Waals surface area contributed by atoms with Crippen LogP contribution >= 0.6 is 11.3 Å². The standard InChI is InChI=1S/C12H19N3OS/c1-9-15-10(7-17-9)3-6-14-11(16)12(8-13)4-2-5-12/h7H,2-6,8,13H2,1H3,(H,14,16). The number of amides is 1. The van der Waals surface area contributed by atoms with Gasteiger partial charge in [0.2, 0.25) is 5.91 Å². The van der Waals surface area contributed by atoms with Crippen LogP contribution in [0.4, 0.5) is 0 Å². The monoisotopic (exact) mass is 253 g/mol. The van der Waals surface area contributed by atoms with Crippen molar-refractivity contribution in [3.05, 3.63) is 16.1 Å². The number of aryl methyl sites for hydroxylation is 1. The Bertz CT molecular complexity index is 393. The number of hydrogen-bond donors (Lipinski definition) is 2. The molecule has 1 heterocycles. The molecule has 1 aliphatic carbocycles. The number of nitrogens with zero attached hydrogens (tertiary/aromatic N) is 1. The van der Waals surface area contributed by atoms with Crippen molar-refractivity contribution in [3.8, 4) is 0 Å². The molecule has 0 unspecified atom stereocenters. The second-order valence-electron chi connectivity index (χ2n) is 4.70. The minimum Gasteiger partial charge on any atom is -0.355 e. The third-order valence-corrected chi connectivity index (χ3v) is 4.34. The normalized spacial score (nSPS) is 17.5. The minimum absolute atomic E-state index is 0.123. The first kappa shape index (κ1) is 12.5. The Hall–Kier alpha value is -0.940. The molecule has 17 heavy (non-hydrogen) atoms. The van der Waals surface area contributed by atoms with E-state index >= 15 is 0 Å². The zero-order valence-electron chi connectivity index (χ0n) is 10.2. The molecule has 0 spiro atoms. The van der Waals surface area contributed by atoms with Crippen LogP contribution in [0.5, 0.6) is 0 Å².